The highest BCUT2D eigenvalue weighted by Crippen LogP contribution is 2.33. The molecule has 3 heterocycles. The van der Waals surface area contributed by atoms with Crippen LogP contribution in [0.1, 0.15) is 33.2 Å². The zero-order valence-corrected chi connectivity index (χ0v) is 15.9. The maximum Gasteiger partial charge on any atom is 0.468 e. The summed E-state index contributed by atoms with van der Waals surface area (Å²) in [6, 6.07) is 4.05. The molecular weight excluding hydrogens is 446 g/mol. The van der Waals surface area contributed by atoms with Crippen LogP contribution in [0.3, 0.4) is 0 Å². The van der Waals surface area contributed by atoms with E-state index >= 15 is 0 Å². The van der Waals surface area contributed by atoms with Gasteiger partial charge in [-0.2, -0.15) is 26.3 Å². The highest BCUT2D eigenvalue weighted by atomic mass is 19.4. The molecular formula is C19H12F6N4O3. The quantitative estimate of drug-likeness (QED) is 0.538. The van der Waals surface area contributed by atoms with Crippen LogP contribution in [-0.4, -0.2) is 32.3 Å². The molecule has 2 aromatic heterocycles. The molecule has 4 rings (SSSR count). The second-order valence-corrected chi connectivity index (χ2v) is 6.74. The molecule has 0 aliphatic carbocycles. The van der Waals surface area contributed by atoms with Gasteiger partial charge >= 0.3 is 18.2 Å². The second kappa shape index (κ2) is 7.80. The largest absolute Gasteiger partial charge is 0.468 e. The van der Waals surface area contributed by atoms with Crippen molar-refractivity contribution >= 4 is 5.91 Å². The Morgan fingerprint density at radius 1 is 1.03 bits per heavy atom. The molecule has 32 heavy (non-hydrogen) atoms. The molecule has 13 heteroatoms. The average Bonchev–Trinajstić information content (AvgIpc) is 3.24. The van der Waals surface area contributed by atoms with Crippen LogP contribution in [0, 0.1) is 0 Å². The summed E-state index contributed by atoms with van der Waals surface area (Å²) < 4.78 is 85.9. The van der Waals surface area contributed by atoms with Crippen LogP contribution in [0.4, 0.5) is 26.3 Å². The molecule has 168 valence electrons. The SMILES string of the molecule is O=C(c1coc(C(F)(F)F)n1)N1CCc2c(ncnc2Oc2ccc(C(F)(F)F)cc2)C1. The monoisotopic (exact) mass is 458 g/mol. The smallest absolute Gasteiger partial charge is 0.441 e. The third-order valence-corrected chi connectivity index (χ3v) is 4.62. The van der Waals surface area contributed by atoms with Crippen LogP contribution in [0.5, 0.6) is 11.6 Å². The molecule has 0 bridgehead atoms. The molecule has 1 amide bonds. The Balaban J connectivity index is 1.50. The van der Waals surface area contributed by atoms with Gasteiger partial charge in [-0.05, 0) is 30.7 Å². The van der Waals surface area contributed by atoms with Crippen LogP contribution >= 0.6 is 0 Å². The molecule has 0 atom stereocenters. The van der Waals surface area contributed by atoms with Gasteiger partial charge in [0.2, 0.25) is 5.88 Å². The summed E-state index contributed by atoms with van der Waals surface area (Å²) in [5.41, 5.74) is -0.394. The topological polar surface area (TPSA) is 81.4 Å². The van der Waals surface area contributed by atoms with Crippen molar-refractivity contribution in [3.63, 3.8) is 0 Å². The van der Waals surface area contributed by atoms with Crippen LogP contribution in [0.25, 0.3) is 0 Å². The van der Waals surface area contributed by atoms with E-state index in [4.69, 9.17) is 4.74 Å². The first-order valence-corrected chi connectivity index (χ1v) is 9.02. The van der Waals surface area contributed by atoms with E-state index in [1.807, 2.05) is 0 Å². The predicted molar refractivity (Wildman–Crippen MR) is 93.5 cm³/mol. The molecule has 7 nitrogen and oxygen atoms in total. The lowest BCUT2D eigenvalue weighted by Crippen LogP contribution is -2.37. The van der Waals surface area contributed by atoms with Crippen molar-refractivity contribution in [1.82, 2.24) is 19.9 Å². The van der Waals surface area contributed by atoms with Crippen LogP contribution in [-0.2, 0) is 25.3 Å². The number of ether oxygens (including phenoxy) is 1. The summed E-state index contributed by atoms with van der Waals surface area (Å²) in [6.07, 6.45) is -7.29. The molecule has 1 aromatic carbocycles. The zero-order chi connectivity index (χ0) is 23.1. The minimum absolute atomic E-state index is 0.0474. The number of nitrogens with zero attached hydrogens (tertiary/aromatic N) is 4. The molecule has 0 fully saturated rings. The predicted octanol–water partition coefficient (Wildman–Crippen LogP) is 4.49. The van der Waals surface area contributed by atoms with Gasteiger partial charge in [0.05, 0.1) is 17.8 Å². The lowest BCUT2D eigenvalue weighted by Gasteiger charge is -2.28. The van der Waals surface area contributed by atoms with Gasteiger partial charge in [0.1, 0.15) is 18.3 Å². The Labute approximate surface area is 175 Å². The van der Waals surface area contributed by atoms with Gasteiger partial charge < -0.3 is 14.1 Å². The fourth-order valence-electron chi connectivity index (χ4n) is 3.07. The van der Waals surface area contributed by atoms with Crippen molar-refractivity contribution in [2.24, 2.45) is 0 Å². The second-order valence-electron chi connectivity index (χ2n) is 6.74. The first kappa shape index (κ1) is 21.6. The highest BCUT2D eigenvalue weighted by molar-refractivity contribution is 5.92. The average molecular weight is 458 g/mol. The Morgan fingerprint density at radius 3 is 2.38 bits per heavy atom. The summed E-state index contributed by atoms with van der Waals surface area (Å²) in [4.78, 5) is 25.0. The number of rotatable bonds is 3. The van der Waals surface area contributed by atoms with E-state index in [1.165, 1.54) is 4.90 Å². The molecule has 0 spiro atoms. The first-order chi connectivity index (χ1) is 15.0. The van der Waals surface area contributed by atoms with E-state index in [0.29, 0.717) is 17.5 Å². The van der Waals surface area contributed by atoms with Crippen LogP contribution < -0.4 is 4.74 Å². The maximum atomic E-state index is 12.7. The zero-order valence-electron chi connectivity index (χ0n) is 15.9. The van der Waals surface area contributed by atoms with Crippen molar-refractivity contribution in [3.05, 3.63) is 65.3 Å². The number of hydrogen-bond donors (Lipinski definition) is 0. The number of oxazole rings is 1. The number of halogens is 6. The third kappa shape index (κ3) is 4.36. The fourth-order valence-corrected chi connectivity index (χ4v) is 3.07. The Kier molecular flexibility index (Phi) is 5.26. The number of alkyl halides is 6. The highest BCUT2D eigenvalue weighted by Gasteiger charge is 2.38. The number of carbonyl (C=O) groups excluding carboxylic acids is 1. The molecule has 0 saturated carbocycles. The summed E-state index contributed by atoms with van der Waals surface area (Å²) in [7, 11) is 0. The van der Waals surface area contributed by atoms with Gasteiger partial charge in [0, 0.05) is 12.1 Å². The van der Waals surface area contributed by atoms with Gasteiger partial charge in [-0.25, -0.2) is 15.0 Å². The van der Waals surface area contributed by atoms with Crippen LogP contribution in [0.15, 0.2) is 41.3 Å². The van der Waals surface area contributed by atoms with E-state index in [-0.39, 0.29) is 31.1 Å². The lowest BCUT2D eigenvalue weighted by molar-refractivity contribution is -0.157. The minimum atomic E-state index is -4.81. The number of carbonyl (C=O) groups is 1. The van der Waals surface area contributed by atoms with E-state index < -0.39 is 35.4 Å². The van der Waals surface area contributed by atoms with Crippen molar-refractivity contribution in [1.29, 1.82) is 0 Å². The third-order valence-electron chi connectivity index (χ3n) is 4.62. The van der Waals surface area contributed by atoms with E-state index in [0.717, 1.165) is 30.6 Å². The minimum Gasteiger partial charge on any atom is -0.441 e. The molecule has 3 aromatic rings. The van der Waals surface area contributed by atoms with Crippen LogP contribution in [0.2, 0.25) is 0 Å². The van der Waals surface area contributed by atoms with Gasteiger partial charge in [0.25, 0.3) is 5.91 Å². The number of fused-ring (bicyclic) bond motifs is 1. The number of aromatic nitrogens is 3. The van der Waals surface area contributed by atoms with Crippen molar-refractivity contribution < 1.29 is 40.3 Å². The maximum absolute atomic E-state index is 12.7. The Hall–Kier alpha value is -3.64. The van der Waals surface area contributed by atoms with Gasteiger partial charge in [-0.15, -0.1) is 0 Å². The number of benzene rings is 1. The Bertz CT molecular complexity index is 1140. The molecule has 0 N–H and O–H groups in total. The Morgan fingerprint density at radius 2 is 1.75 bits per heavy atom. The summed E-state index contributed by atoms with van der Waals surface area (Å²) in [5.74, 6) is -2.05. The van der Waals surface area contributed by atoms with Gasteiger partial charge in [0.15, 0.2) is 5.69 Å². The van der Waals surface area contributed by atoms with Crippen molar-refractivity contribution in [2.75, 3.05) is 6.54 Å². The van der Waals surface area contributed by atoms with E-state index in [1.54, 1.807) is 0 Å². The standard InChI is InChI=1S/C19H12F6N4O3/c20-18(21,22)10-1-3-11(4-2-10)32-15-12-5-6-29(7-13(12)26-9-27-15)16(30)14-8-31-17(28-14)19(23,24)25/h1-4,8-9H,5-7H2. The van der Waals surface area contributed by atoms with Crippen molar-refractivity contribution in [3.8, 4) is 11.6 Å². The number of hydrogen-bond acceptors (Lipinski definition) is 6. The van der Waals surface area contributed by atoms with Gasteiger partial charge in [-0.3, -0.25) is 4.79 Å². The van der Waals surface area contributed by atoms with E-state index in [2.05, 4.69) is 19.4 Å². The van der Waals surface area contributed by atoms with Gasteiger partial charge in [-0.1, -0.05) is 0 Å². The molecule has 0 radical (unpaired) electrons. The molecule has 0 saturated heterocycles. The normalized spacial score (nSPS) is 14.2. The summed E-state index contributed by atoms with van der Waals surface area (Å²) in [6.45, 7) is 0.0606. The fraction of sp³-hybridized carbons (Fsp3) is 0.263. The molecule has 1 aliphatic rings. The molecule has 0 unspecified atom stereocenters. The summed E-state index contributed by atoms with van der Waals surface area (Å²) in [5, 5.41) is 0. The van der Waals surface area contributed by atoms with Crippen molar-refractivity contribution in [2.45, 2.75) is 25.3 Å². The first-order valence-electron chi connectivity index (χ1n) is 9.02. The van der Waals surface area contributed by atoms with E-state index in [9.17, 15) is 31.1 Å². The lowest BCUT2D eigenvalue weighted by atomic mass is 10.1. The number of amides is 1. The summed E-state index contributed by atoms with van der Waals surface area (Å²) >= 11 is 0. The molecule has 1 aliphatic heterocycles.